The molecule has 1 aromatic carbocycles. The second-order valence-corrected chi connectivity index (χ2v) is 4.01. The van der Waals surface area contributed by atoms with Gasteiger partial charge in [0.05, 0.1) is 0 Å². The maximum atomic E-state index is 2.21. The lowest BCUT2D eigenvalue weighted by Gasteiger charge is -2.15. The first kappa shape index (κ1) is 10.5. The summed E-state index contributed by atoms with van der Waals surface area (Å²) in [7, 11) is 2.08. The molecule has 0 bridgehead atoms. The Morgan fingerprint density at radius 3 is 2.31 bits per heavy atom. The van der Waals surface area contributed by atoms with E-state index in [-0.39, 0.29) is 0 Å². The zero-order chi connectivity index (χ0) is 9.68. The van der Waals surface area contributed by atoms with E-state index in [1.807, 2.05) is 0 Å². The molecule has 1 rings (SSSR count). The van der Waals surface area contributed by atoms with Crippen LogP contribution in [0.1, 0.15) is 18.9 Å². The Bertz CT molecular complexity index is 243. The summed E-state index contributed by atoms with van der Waals surface area (Å²) < 4.78 is 2.16. The van der Waals surface area contributed by atoms with Crippen LogP contribution in [0.4, 0.5) is 5.69 Å². The molecule has 72 valence electrons. The number of anilines is 1. The monoisotopic (exact) mass is 195 g/mol. The van der Waals surface area contributed by atoms with Crippen LogP contribution < -0.4 is 4.31 Å². The molecule has 2 heteroatoms. The van der Waals surface area contributed by atoms with Gasteiger partial charge in [0.1, 0.15) is 0 Å². The van der Waals surface area contributed by atoms with Gasteiger partial charge in [0.15, 0.2) is 0 Å². The van der Waals surface area contributed by atoms with E-state index in [0.29, 0.717) is 0 Å². The van der Waals surface area contributed by atoms with Crippen molar-refractivity contribution in [1.82, 2.24) is 0 Å². The van der Waals surface area contributed by atoms with Crippen LogP contribution in [0.5, 0.6) is 0 Å². The molecule has 0 aliphatic carbocycles. The molecule has 0 N–H and O–H groups in total. The van der Waals surface area contributed by atoms with E-state index in [1.54, 1.807) is 11.9 Å². The molecule has 0 aromatic heterocycles. The van der Waals surface area contributed by atoms with Crippen molar-refractivity contribution in [1.29, 1.82) is 0 Å². The predicted octanol–water partition coefficient (Wildman–Crippen LogP) is 3.35. The lowest BCUT2D eigenvalue weighted by molar-refractivity contribution is 0.922. The van der Waals surface area contributed by atoms with E-state index >= 15 is 0 Å². The second kappa shape index (κ2) is 5.18. The van der Waals surface area contributed by atoms with Gasteiger partial charge in [0.2, 0.25) is 0 Å². The van der Waals surface area contributed by atoms with Crippen molar-refractivity contribution < 1.29 is 0 Å². The Balaban J connectivity index is 2.69. The van der Waals surface area contributed by atoms with Crippen LogP contribution in [-0.2, 0) is 6.42 Å². The summed E-state index contributed by atoms with van der Waals surface area (Å²) in [5.74, 6) is 0. The van der Waals surface area contributed by atoms with Crippen molar-refractivity contribution >= 4 is 17.6 Å². The Hall–Kier alpha value is -0.630. The molecule has 0 radical (unpaired) electrons. The molecular weight excluding hydrogens is 178 g/mol. The Labute approximate surface area is 85.3 Å². The topological polar surface area (TPSA) is 3.24 Å². The molecule has 13 heavy (non-hydrogen) atoms. The highest BCUT2D eigenvalue weighted by Crippen LogP contribution is 2.19. The van der Waals surface area contributed by atoms with E-state index in [2.05, 4.69) is 48.8 Å². The molecule has 0 heterocycles. The number of hydrogen-bond donors (Lipinski definition) is 0. The molecule has 0 spiro atoms. The average molecular weight is 195 g/mol. The van der Waals surface area contributed by atoms with Crippen LogP contribution in [0.2, 0.25) is 0 Å². The molecule has 0 atom stereocenters. The van der Waals surface area contributed by atoms with Crippen LogP contribution in [0.3, 0.4) is 0 Å². The quantitative estimate of drug-likeness (QED) is 0.678. The van der Waals surface area contributed by atoms with Gasteiger partial charge in [-0.2, -0.15) is 0 Å². The van der Waals surface area contributed by atoms with Crippen LogP contribution in [0.15, 0.2) is 24.3 Å². The standard InChI is InChI=1S/C11H17NS/c1-4-5-10-6-8-11(9-7-10)12(2)13-3/h6-9H,4-5H2,1-3H3. The zero-order valence-electron chi connectivity index (χ0n) is 8.58. The molecule has 1 aromatic rings. The van der Waals surface area contributed by atoms with Gasteiger partial charge in [-0.3, -0.25) is 0 Å². The van der Waals surface area contributed by atoms with Gasteiger partial charge in [0, 0.05) is 19.0 Å². The van der Waals surface area contributed by atoms with Crippen LogP contribution in [0, 0.1) is 0 Å². The van der Waals surface area contributed by atoms with Gasteiger partial charge < -0.3 is 4.31 Å². The molecule has 0 aliphatic rings. The lowest BCUT2D eigenvalue weighted by atomic mass is 10.1. The zero-order valence-corrected chi connectivity index (χ0v) is 9.40. The average Bonchev–Trinajstić information content (AvgIpc) is 2.18. The molecular formula is C11H17NS. The third-order valence-electron chi connectivity index (χ3n) is 2.11. The molecule has 0 fully saturated rings. The summed E-state index contributed by atoms with van der Waals surface area (Å²) in [6.07, 6.45) is 4.49. The van der Waals surface area contributed by atoms with Crippen molar-refractivity contribution in [2.45, 2.75) is 19.8 Å². The fourth-order valence-electron chi connectivity index (χ4n) is 1.27. The van der Waals surface area contributed by atoms with Crippen LogP contribution in [-0.4, -0.2) is 13.3 Å². The number of aryl methyl sites for hydroxylation is 1. The summed E-state index contributed by atoms with van der Waals surface area (Å²) in [6, 6.07) is 8.79. The normalized spacial score (nSPS) is 10.1. The van der Waals surface area contributed by atoms with E-state index in [1.165, 1.54) is 24.1 Å². The second-order valence-electron chi connectivity index (χ2n) is 3.10. The van der Waals surface area contributed by atoms with E-state index in [9.17, 15) is 0 Å². The van der Waals surface area contributed by atoms with Crippen molar-refractivity contribution in [2.75, 3.05) is 17.6 Å². The molecule has 0 saturated heterocycles. The van der Waals surface area contributed by atoms with Gasteiger partial charge in [-0.15, -0.1) is 0 Å². The maximum absolute atomic E-state index is 2.21. The molecule has 0 amide bonds. The first-order valence-electron chi connectivity index (χ1n) is 4.64. The fraction of sp³-hybridized carbons (Fsp3) is 0.455. The van der Waals surface area contributed by atoms with Gasteiger partial charge in [-0.1, -0.05) is 37.4 Å². The number of hydrogen-bond acceptors (Lipinski definition) is 2. The van der Waals surface area contributed by atoms with Gasteiger partial charge in [-0.05, 0) is 24.1 Å². The summed E-state index contributed by atoms with van der Waals surface area (Å²) >= 11 is 1.73. The third kappa shape index (κ3) is 2.96. The van der Waals surface area contributed by atoms with E-state index in [0.717, 1.165) is 0 Å². The lowest BCUT2D eigenvalue weighted by Crippen LogP contribution is -2.04. The van der Waals surface area contributed by atoms with E-state index in [4.69, 9.17) is 0 Å². The Kier molecular flexibility index (Phi) is 4.16. The van der Waals surface area contributed by atoms with Crippen molar-refractivity contribution in [3.8, 4) is 0 Å². The highest BCUT2D eigenvalue weighted by Gasteiger charge is 1.97. The van der Waals surface area contributed by atoms with Crippen LogP contribution in [0.25, 0.3) is 0 Å². The molecule has 0 aliphatic heterocycles. The number of benzene rings is 1. The minimum atomic E-state index is 1.18. The third-order valence-corrected chi connectivity index (χ3v) is 2.87. The number of rotatable bonds is 4. The molecule has 0 saturated carbocycles. The maximum Gasteiger partial charge on any atom is 0.0466 e. The smallest absolute Gasteiger partial charge is 0.0466 e. The summed E-state index contributed by atoms with van der Waals surface area (Å²) in [4.78, 5) is 0. The molecule has 1 nitrogen and oxygen atoms in total. The highest BCUT2D eigenvalue weighted by molar-refractivity contribution is 7.99. The summed E-state index contributed by atoms with van der Waals surface area (Å²) in [5, 5.41) is 0. The van der Waals surface area contributed by atoms with Gasteiger partial charge >= 0.3 is 0 Å². The van der Waals surface area contributed by atoms with E-state index < -0.39 is 0 Å². The van der Waals surface area contributed by atoms with Gasteiger partial charge in [0.25, 0.3) is 0 Å². The minimum absolute atomic E-state index is 1.18. The highest BCUT2D eigenvalue weighted by atomic mass is 32.2. The van der Waals surface area contributed by atoms with Crippen molar-refractivity contribution in [3.05, 3.63) is 29.8 Å². The predicted molar refractivity (Wildman–Crippen MR) is 62.4 cm³/mol. The van der Waals surface area contributed by atoms with Crippen LogP contribution >= 0.6 is 11.9 Å². The Morgan fingerprint density at radius 2 is 1.85 bits per heavy atom. The minimum Gasteiger partial charge on any atom is -0.320 e. The first-order valence-corrected chi connectivity index (χ1v) is 5.83. The van der Waals surface area contributed by atoms with Crippen molar-refractivity contribution in [2.24, 2.45) is 0 Å². The summed E-state index contributed by atoms with van der Waals surface area (Å²) in [6.45, 7) is 2.21. The SMILES string of the molecule is CCCc1ccc(N(C)SC)cc1. The first-order chi connectivity index (χ1) is 6.27. The van der Waals surface area contributed by atoms with Gasteiger partial charge in [-0.25, -0.2) is 0 Å². The number of nitrogens with zero attached hydrogens (tertiary/aromatic N) is 1. The molecule has 0 unspecified atom stereocenters. The summed E-state index contributed by atoms with van der Waals surface area (Å²) in [5.41, 5.74) is 2.70. The largest absolute Gasteiger partial charge is 0.320 e. The Morgan fingerprint density at radius 1 is 1.23 bits per heavy atom. The fourth-order valence-corrected chi connectivity index (χ4v) is 1.60. The van der Waals surface area contributed by atoms with Crippen molar-refractivity contribution in [3.63, 3.8) is 0 Å².